The zero-order valence-electron chi connectivity index (χ0n) is 21.5. The molecule has 0 radical (unpaired) electrons. The molecule has 37 heavy (non-hydrogen) atoms. The van der Waals surface area contributed by atoms with Crippen molar-refractivity contribution < 1.29 is 48.0 Å². The molecule has 202 valence electrons. The van der Waals surface area contributed by atoms with Gasteiger partial charge in [0, 0.05) is 26.2 Å². The molecule has 10 nitrogen and oxygen atoms in total. The molecule has 2 aliphatic carbocycles. The van der Waals surface area contributed by atoms with Crippen molar-refractivity contribution in [2.24, 2.45) is 17.3 Å². The number of carbonyl (C=O) groups is 5. The molecule has 1 aliphatic heterocycles. The lowest BCUT2D eigenvalue weighted by Gasteiger charge is -2.53. The van der Waals surface area contributed by atoms with Crippen molar-refractivity contribution in [1.29, 1.82) is 0 Å². The molecule has 3 rings (SSSR count). The predicted octanol–water partition coefficient (Wildman–Crippen LogP) is 1.96. The average molecular weight is 539 g/mol. The smallest absolute Gasteiger partial charge is 0.312 e. The lowest BCUT2D eigenvalue weighted by atomic mass is 9.56. The van der Waals surface area contributed by atoms with Gasteiger partial charge in [-0.1, -0.05) is 25.7 Å². The Labute approximate surface area is 219 Å². The molecule has 3 aliphatic rings. The molecule has 1 N–H and O–H groups in total. The van der Waals surface area contributed by atoms with Crippen molar-refractivity contribution in [3.8, 4) is 0 Å². The number of ketones is 1. The van der Waals surface area contributed by atoms with E-state index in [1.807, 2.05) is 0 Å². The number of aliphatic hydroxyl groups is 1. The van der Waals surface area contributed by atoms with Crippen LogP contribution in [0.4, 0.5) is 0 Å². The van der Waals surface area contributed by atoms with E-state index in [1.165, 1.54) is 39.0 Å². The van der Waals surface area contributed by atoms with Gasteiger partial charge in [-0.15, -0.1) is 11.6 Å². The number of allylic oxidation sites excluding steroid dienone is 2. The summed E-state index contributed by atoms with van der Waals surface area (Å²) >= 11 is 6.70. The van der Waals surface area contributed by atoms with Crippen LogP contribution in [-0.4, -0.2) is 69.7 Å². The van der Waals surface area contributed by atoms with E-state index in [9.17, 15) is 29.1 Å². The first-order chi connectivity index (χ1) is 17.0. The van der Waals surface area contributed by atoms with Crippen LogP contribution in [0.2, 0.25) is 0 Å². The third-order valence-electron chi connectivity index (χ3n) is 7.41. The van der Waals surface area contributed by atoms with E-state index >= 15 is 0 Å². The van der Waals surface area contributed by atoms with Gasteiger partial charge in [-0.3, -0.25) is 24.0 Å². The Morgan fingerprint density at radius 1 is 1.05 bits per heavy atom. The van der Waals surface area contributed by atoms with E-state index in [4.69, 9.17) is 30.5 Å². The van der Waals surface area contributed by atoms with Gasteiger partial charge in [0.2, 0.25) is 0 Å². The normalized spacial score (nSPS) is 42.1. The molecular formula is C26H31ClO10. The highest BCUT2D eigenvalue weighted by molar-refractivity contribution is 6.23. The van der Waals surface area contributed by atoms with Crippen LogP contribution < -0.4 is 0 Å². The Morgan fingerprint density at radius 3 is 2.19 bits per heavy atom. The second-order valence-electron chi connectivity index (χ2n) is 10.1. The fourth-order valence-corrected chi connectivity index (χ4v) is 5.97. The maximum atomic E-state index is 13.3. The molecule has 0 aromatic carbocycles. The van der Waals surface area contributed by atoms with Gasteiger partial charge >= 0.3 is 23.9 Å². The largest absolute Gasteiger partial charge is 0.459 e. The number of esters is 4. The second-order valence-corrected chi connectivity index (χ2v) is 10.6. The number of hydrogen-bond acceptors (Lipinski definition) is 10. The summed E-state index contributed by atoms with van der Waals surface area (Å²) in [6.07, 6.45) is 1.51. The molecule has 11 heteroatoms. The number of ether oxygens (including phenoxy) is 4. The Balaban J connectivity index is 2.43. The van der Waals surface area contributed by atoms with Crippen LogP contribution in [0.25, 0.3) is 0 Å². The third-order valence-corrected chi connectivity index (χ3v) is 7.92. The number of alkyl halides is 1. The molecule has 0 spiro atoms. The average Bonchev–Trinajstić information content (AvgIpc) is 3.01. The Hall–Kier alpha value is -2.98. The monoisotopic (exact) mass is 538 g/mol. The molecule has 0 bridgehead atoms. The predicted molar refractivity (Wildman–Crippen MR) is 129 cm³/mol. The fourth-order valence-electron chi connectivity index (χ4n) is 5.59. The number of rotatable bonds is 3. The van der Waals surface area contributed by atoms with Gasteiger partial charge in [0.25, 0.3) is 0 Å². The van der Waals surface area contributed by atoms with E-state index in [-0.39, 0.29) is 5.57 Å². The Morgan fingerprint density at radius 2 is 1.65 bits per heavy atom. The van der Waals surface area contributed by atoms with Crippen molar-refractivity contribution >= 4 is 41.3 Å². The van der Waals surface area contributed by atoms with Gasteiger partial charge in [-0.2, -0.15) is 0 Å². The van der Waals surface area contributed by atoms with Gasteiger partial charge in [-0.25, -0.2) is 0 Å². The lowest BCUT2D eigenvalue weighted by molar-refractivity contribution is -0.220. The highest BCUT2D eigenvalue weighted by Crippen LogP contribution is 2.54. The van der Waals surface area contributed by atoms with Crippen molar-refractivity contribution in [2.45, 2.75) is 76.4 Å². The van der Waals surface area contributed by atoms with Crippen LogP contribution in [0.3, 0.4) is 0 Å². The quantitative estimate of drug-likeness (QED) is 0.245. The zero-order valence-corrected chi connectivity index (χ0v) is 22.2. The van der Waals surface area contributed by atoms with Crippen LogP contribution in [0, 0.1) is 17.3 Å². The summed E-state index contributed by atoms with van der Waals surface area (Å²) in [6.45, 7) is 11.7. The van der Waals surface area contributed by atoms with E-state index in [0.717, 1.165) is 13.8 Å². The van der Waals surface area contributed by atoms with E-state index < -0.39 is 81.8 Å². The molecule has 0 amide bonds. The first-order valence-corrected chi connectivity index (χ1v) is 12.1. The third kappa shape index (κ3) is 4.72. The minimum Gasteiger partial charge on any atom is -0.459 e. The van der Waals surface area contributed by atoms with Gasteiger partial charge in [0.05, 0.1) is 17.2 Å². The zero-order chi connectivity index (χ0) is 28.1. The minimum atomic E-state index is -2.32. The number of halogens is 1. The van der Waals surface area contributed by atoms with Crippen LogP contribution in [-0.2, 0) is 42.9 Å². The first-order valence-electron chi connectivity index (χ1n) is 11.7. The standard InChI is InChI=1S/C26H31ClO10/c1-12-17(34-14(3)28)8-10-24(6)11-9-18(31)25(7,37-16(5)30)20(24)22(35-15(4)29)26(33)13(2)23(32)36-21(26)19(12)27/h8-11,13,17,19-22,33H,1H2,2-7H3/b10-8+/t13-,17-,19-,20+,21-,22-,24-,25+,26-/m0/s1. The molecule has 0 saturated carbocycles. The molecule has 1 saturated heterocycles. The first kappa shape index (κ1) is 28.6. The van der Waals surface area contributed by atoms with Crippen LogP contribution in [0.5, 0.6) is 0 Å². The number of hydrogen-bond donors (Lipinski definition) is 1. The summed E-state index contributed by atoms with van der Waals surface area (Å²) in [7, 11) is 0. The summed E-state index contributed by atoms with van der Waals surface area (Å²) < 4.78 is 22.2. The van der Waals surface area contributed by atoms with Gasteiger partial charge in [0.15, 0.2) is 23.1 Å². The van der Waals surface area contributed by atoms with Crippen molar-refractivity contribution in [3.63, 3.8) is 0 Å². The molecule has 0 aromatic heterocycles. The minimum absolute atomic E-state index is 0.0979. The summed E-state index contributed by atoms with van der Waals surface area (Å²) in [6, 6.07) is 0. The molecule has 9 atom stereocenters. The highest BCUT2D eigenvalue weighted by Gasteiger charge is 2.70. The highest BCUT2D eigenvalue weighted by atomic mass is 35.5. The SMILES string of the molecule is C=C1[C@@H](OC(C)=O)/C=C/[C@@]2(C)C=CC(=O)[C@@](C)(OC(C)=O)[C@@H]2[C@H](OC(C)=O)[C@]2(O)[C@@H](C)C(=O)O[C@H]2[C@H]1Cl. The van der Waals surface area contributed by atoms with Crippen LogP contribution in [0.1, 0.15) is 41.5 Å². The maximum absolute atomic E-state index is 13.3. The fraction of sp³-hybridized carbons (Fsp3) is 0.577. The summed E-state index contributed by atoms with van der Waals surface area (Å²) in [5.74, 6) is -6.32. The summed E-state index contributed by atoms with van der Waals surface area (Å²) in [5, 5.41) is 11.0. The van der Waals surface area contributed by atoms with Gasteiger partial charge < -0.3 is 24.1 Å². The van der Waals surface area contributed by atoms with E-state index in [2.05, 4.69) is 6.58 Å². The second kappa shape index (κ2) is 9.72. The molecule has 0 unspecified atom stereocenters. The van der Waals surface area contributed by atoms with E-state index in [0.29, 0.717) is 0 Å². The van der Waals surface area contributed by atoms with Crippen molar-refractivity contribution in [2.75, 3.05) is 0 Å². The van der Waals surface area contributed by atoms with Crippen molar-refractivity contribution in [1.82, 2.24) is 0 Å². The number of fused-ring (bicyclic) bond motifs is 2. The topological polar surface area (TPSA) is 143 Å². The Kier molecular flexibility index (Phi) is 7.51. The van der Waals surface area contributed by atoms with Crippen LogP contribution in [0.15, 0.2) is 36.5 Å². The summed E-state index contributed by atoms with van der Waals surface area (Å²) in [4.78, 5) is 62.6. The summed E-state index contributed by atoms with van der Waals surface area (Å²) in [5.41, 5.74) is -5.44. The lowest BCUT2D eigenvalue weighted by Crippen LogP contribution is -2.68. The number of carbonyl (C=O) groups excluding carboxylic acids is 5. The van der Waals surface area contributed by atoms with E-state index in [1.54, 1.807) is 13.0 Å². The maximum Gasteiger partial charge on any atom is 0.312 e. The molecule has 1 heterocycles. The molecule has 1 fully saturated rings. The molecule has 0 aromatic rings. The van der Waals surface area contributed by atoms with Crippen LogP contribution >= 0.6 is 11.6 Å². The molecular weight excluding hydrogens is 508 g/mol. The van der Waals surface area contributed by atoms with Crippen molar-refractivity contribution in [3.05, 3.63) is 36.5 Å². The van der Waals surface area contributed by atoms with Gasteiger partial charge in [0.1, 0.15) is 12.2 Å². The van der Waals surface area contributed by atoms with Gasteiger partial charge in [-0.05, 0) is 31.6 Å². The Bertz CT molecular complexity index is 1110.